The van der Waals surface area contributed by atoms with Crippen LogP contribution in [0.15, 0.2) is 6.20 Å². The molecule has 0 atom stereocenters. The maximum absolute atomic E-state index is 12.8. The summed E-state index contributed by atoms with van der Waals surface area (Å²) in [6.07, 6.45) is 3.36. The number of nitrogens with one attached hydrogen (secondary N) is 1. The lowest BCUT2D eigenvalue weighted by Gasteiger charge is -2.32. The summed E-state index contributed by atoms with van der Waals surface area (Å²) >= 11 is 0. The second-order valence-electron chi connectivity index (χ2n) is 5.02. The minimum absolute atomic E-state index is 0.153. The molecular formula is C13H21N3O2. The highest BCUT2D eigenvalue weighted by Crippen LogP contribution is 2.34. The zero-order valence-electron chi connectivity index (χ0n) is 11.3. The standard InChI is InChI=1S/C13H21N3O2/c1-4-16-11(10(18-3)9-15-16)12(17)13(2)5-7-14-8-6-13/h9,14H,4-8H2,1-3H3. The molecule has 100 valence electrons. The minimum Gasteiger partial charge on any atom is -0.493 e. The predicted molar refractivity (Wildman–Crippen MR) is 69.0 cm³/mol. The topological polar surface area (TPSA) is 56.2 Å². The van der Waals surface area contributed by atoms with Crippen molar-refractivity contribution < 1.29 is 9.53 Å². The Morgan fingerprint density at radius 1 is 1.56 bits per heavy atom. The predicted octanol–water partition coefficient (Wildman–Crippen LogP) is 1.48. The van der Waals surface area contributed by atoms with E-state index in [1.807, 2.05) is 13.8 Å². The van der Waals surface area contributed by atoms with Crippen molar-refractivity contribution in [3.8, 4) is 5.75 Å². The van der Waals surface area contributed by atoms with E-state index in [4.69, 9.17) is 4.74 Å². The first-order chi connectivity index (χ1) is 8.62. The molecule has 0 unspecified atom stereocenters. The van der Waals surface area contributed by atoms with Crippen LogP contribution in [0.2, 0.25) is 0 Å². The van der Waals surface area contributed by atoms with Gasteiger partial charge in [-0.2, -0.15) is 5.10 Å². The maximum atomic E-state index is 12.8. The third-order valence-corrected chi connectivity index (χ3v) is 3.80. The van der Waals surface area contributed by atoms with Crippen molar-refractivity contribution in [3.63, 3.8) is 0 Å². The average molecular weight is 251 g/mol. The van der Waals surface area contributed by atoms with Gasteiger partial charge in [0.25, 0.3) is 0 Å². The number of aromatic nitrogens is 2. The normalized spacial score (nSPS) is 18.6. The Kier molecular flexibility index (Phi) is 3.71. The number of ether oxygens (including phenoxy) is 1. The van der Waals surface area contributed by atoms with Crippen LogP contribution in [0, 0.1) is 5.41 Å². The monoisotopic (exact) mass is 251 g/mol. The van der Waals surface area contributed by atoms with Gasteiger partial charge < -0.3 is 10.1 Å². The molecule has 1 N–H and O–H groups in total. The van der Waals surface area contributed by atoms with Crippen LogP contribution in [0.1, 0.15) is 37.2 Å². The first-order valence-electron chi connectivity index (χ1n) is 6.47. The molecule has 0 spiro atoms. The molecule has 0 radical (unpaired) electrons. The molecule has 1 aromatic heterocycles. The molecular weight excluding hydrogens is 230 g/mol. The van der Waals surface area contributed by atoms with Crippen LogP contribution in [0.4, 0.5) is 0 Å². The van der Waals surface area contributed by atoms with Gasteiger partial charge in [0.2, 0.25) is 0 Å². The molecule has 1 aliphatic rings. The fraction of sp³-hybridized carbons (Fsp3) is 0.692. The minimum atomic E-state index is -0.300. The number of ketones is 1. The zero-order chi connectivity index (χ0) is 13.2. The lowest BCUT2D eigenvalue weighted by Crippen LogP contribution is -2.40. The van der Waals surface area contributed by atoms with Gasteiger partial charge in [-0.15, -0.1) is 0 Å². The summed E-state index contributed by atoms with van der Waals surface area (Å²) in [5, 5.41) is 7.50. The third kappa shape index (κ3) is 2.14. The van der Waals surface area contributed by atoms with E-state index in [0.29, 0.717) is 18.0 Å². The van der Waals surface area contributed by atoms with Crippen LogP contribution in [0.3, 0.4) is 0 Å². The van der Waals surface area contributed by atoms with E-state index in [-0.39, 0.29) is 11.2 Å². The van der Waals surface area contributed by atoms with Gasteiger partial charge in [0.15, 0.2) is 11.5 Å². The first-order valence-corrected chi connectivity index (χ1v) is 6.47. The lowest BCUT2D eigenvalue weighted by molar-refractivity contribution is 0.0747. The molecule has 0 saturated carbocycles. The van der Waals surface area contributed by atoms with E-state index in [1.165, 1.54) is 0 Å². The summed E-state index contributed by atoms with van der Waals surface area (Å²) < 4.78 is 7.00. The zero-order valence-corrected chi connectivity index (χ0v) is 11.3. The molecule has 1 saturated heterocycles. The van der Waals surface area contributed by atoms with Crippen LogP contribution in [0.5, 0.6) is 5.75 Å². The summed E-state index contributed by atoms with van der Waals surface area (Å²) in [6, 6.07) is 0. The van der Waals surface area contributed by atoms with Crippen LogP contribution >= 0.6 is 0 Å². The quantitative estimate of drug-likeness (QED) is 0.824. The van der Waals surface area contributed by atoms with Gasteiger partial charge in [-0.1, -0.05) is 6.92 Å². The van der Waals surface area contributed by atoms with Crippen molar-refractivity contribution in [1.82, 2.24) is 15.1 Å². The Morgan fingerprint density at radius 2 is 2.22 bits per heavy atom. The van der Waals surface area contributed by atoms with Crippen LogP contribution in [0.25, 0.3) is 0 Å². The van der Waals surface area contributed by atoms with E-state index in [2.05, 4.69) is 10.4 Å². The van der Waals surface area contributed by atoms with Crippen molar-refractivity contribution in [1.29, 1.82) is 0 Å². The number of carbonyl (C=O) groups is 1. The Bertz CT molecular complexity index is 412. The van der Waals surface area contributed by atoms with E-state index >= 15 is 0 Å². The van der Waals surface area contributed by atoms with Crippen molar-refractivity contribution in [2.45, 2.75) is 33.2 Å². The van der Waals surface area contributed by atoms with Gasteiger partial charge in [-0.25, -0.2) is 0 Å². The summed E-state index contributed by atoms with van der Waals surface area (Å²) in [4.78, 5) is 12.8. The Hall–Kier alpha value is -1.36. The number of hydrogen-bond donors (Lipinski definition) is 1. The SMILES string of the molecule is CCn1ncc(OC)c1C(=O)C1(C)CCNCC1. The molecule has 1 aliphatic heterocycles. The van der Waals surface area contributed by atoms with Gasteiger partial charge in [-0.3, -0.25) is 9.48 Å². The van der Waals surface area contributed by atoms with Crippen molar-refractivity contribution in [2.24, 2.45) is 5.41 Å². The van der Waals surface area contributed by atoms with E-state index in [0.717, 1.165) is 25.9 Å². The van der Waals surface area contributed by atoms with E-state index in [1.54, 1.807) is 18.0 Å². The number of piperidine rings is 1. The summed E-state index contributed by atoms with van der Waals surface area (Å²) in [6.45, 7) is 6.49. The molecule has 0 amide bonds. The van der Waals surface area contributed by atoms with Crippen molar-refractivity contribution in [2.75, 3.05) is 20.2 Å². The average Bonchev–Trinajstić information content (AvgIpc) is 2.81. The van der Waals surface area contributed by atoms with Gasteiger partial charge in [-0.05, 0) is 32.9 Å². The summed E-state index contributed by atoms with van der Waals surface area (Å²) in [7, 11) is 1.58. The van der Waals surface area contributed by atoms with Gasteiger partial charge in [0.05, 0.1) is 13.3 Å². The third-order valence-electron chi connectivity index (χ3n) is 3.80. The van der Waals surface area contributed by atoms with Crippen LogP contribution in [-0.4, -0.2) is 35.8 Å². The number of methoxy groups -OCH3 is 1. The molecule has 2 rings (SSSR count). The lowest BCUT2D eigenvalue weighted by atomic mass is 9.76. The van der Waals surface area contributed by atoms with Crippen LogP contribution in [-0.2, 0) is 6.54 Å². The maximum Gasteiger partial charge on any atom is 0.190 e. The van der Waals surface area contributed by atoms with Gasteiger partial charge >= 0.3 is 0 Å². The fourth-order valence-corrected chi connectivity index (χ4v) is 2.48. The van der Waals surface area contributed by atoms with Crippen molar-refractivity contribution >= 4 is 5.78 Å². The number of rotatable bonds is 4. The van der Waals surface area contributed by atoms with Gasteiger partial charge in [0, 0.05) is 12.0 Å². The molecule has 1 aromatic rings. The van der Waals surface area contributed by atoms with Crippen molar-refractivity contribution in [3.05, 3.63) is 11.9 Å². The fourth-order valence-electron chi connectivity index (χ4n) is 2.48. The Balaban J connectivity index is 2.35. The Morgan fingerprint density at radius 3 is 2.78 bits per heavy atom. The Labute approximate surface area is 108 Å². The highest BCUT2D eigenvalue weighted by Gasteiger charge is 2.38. The molecule has 0 bridgehead atoms. The van der Waals surface area contributed by atoms with Crippen LogP contribution < -0.4 is 10.1 Å². The highest BCUT2D eigenvalue weighted by molar-refractivity contribution is 6.01. The summed E-state index contributed by atoms with van der Waals surface area (Å²) in [5.41, 5.74) is 0.315. The molecule has 2 heterocycles. The molecule has 5 heteroatoms. The summed E-state index contributed by atoms with van der Waals surface area (Å²) in [5.74, 6) is 0.738. The number of aryl methyl sites for hydroxylation is 1. The molecule has 18 heavy (non-hydrogen) atoms. The number of hydrogen-bond acceptors (Lipinski definition) is 4. The largest absolute Gasteiger partial charge is 0.493 e. The first kappa shape index (κ1) is 13.1. The number of Topliss-reactive ketones (excluding diaryl/α,β-unsaturated/α-hetero) is 1. The second-order valence-corrected chi connectivity index (χ2v) is 5.02. The number of nitrogens with zero attached hydrogens (tertiary/aromatic N) is 2. The van der Waals surface area contributed by atoms with E-state index < -0.39 is 0 Å². The van der Waals surface area contributed by atoms with E-state index in [9.17, 15) is 4.79 Å². The number of carbonyl (C=O) groups excluding carboxylic acids is 1. The molecule has 0 aliphatic carbocycles. The molecule has 5 nitrogen and oxygen atoms in total. The van der Waals surface area contributed by atoms with Gasteiger partial charge in [0.1, 0.15) is 5.69 Å². The second kappa shape index (κ2) is 5.10. The molecule has 1 fully saturated rings. The highest BCUT2D eigenvalue weighted by atomic mass is 16.5. The molecule has 0 aromatic carbocycles. The smallest absolute Gasteiger partial charge is 0.190 e.